The van der Waals surface area contributed by atoms with Crippen molar-refractivity contribution < 1.29 is 0 Å². The molecule has 0 unspecified atom stereocenters. The van der Waals surface area contributed by atoms with E-state index in [4.69, 9.17) is 18.0 Å². The minimum Gasteiger partial charge on any atom is -0.393 e. The molecule has 20 heavy (non-hydrogen) atoms. The Morgan fingerprint density at radius 1 is 1.30 bits per heavy atom. The van der Waals surface area contributed by atoms with E-state index in [-0.39, 0.29) is 5.41 Å². The van der Waals surface area contributed by atoms with Crippen molar-refractivity contribution in [3.8, 4) is 11.4 Å². The lowest BCUT2D eigenvalue weighted by Crippen LogP contribution is -2.29. The largest absolute Gasteiger partial charge is 0.393 e. The van der Waals surface area contributed by atoms with Gasteiger partial charge in [-0.1, -0.05) is 56.4 Å². The summed E-state index contributed by atoms with van der Waals surface area (Å²) in [6.45, 7) is 5.12. The number of thiocarbonyl (C=S) groups is 1. The lowest BCUT2D eigenvalue weighted by Gasteiger charge is -2.23. The van der Waals surface area contributed by atoms with Gasteiger partial charge in [0.1, 0.15) is 5.82 Å². The third-order valence-electron chi connectivity index (χ3n) is 3.62. The highest BCUT2D eigenvalue weighted by Gasteiger charge is 2.20. The molecule has 0 aliphatic heterocycles. The van der Waals surface area contributed by atoms with E-state index in [0.717, 1.165) is 30.8 Å². The lowest BCUT2D eigenvalue weighted by molar-refractivity contribution is 0.437. The Bertz CT molecular complexity index is 572. The van der Waals surface area contributed by atoms with Gasteiger partial charge >= 0.3 is 0 Å². The number of hydrogen-bond acceptors (Lipinski definition) is 2. The van der Waals surface area contributed by atoms with Crippen LogP contribution in [0.4, 0.5) is 0 Å². The van der Waals surface area contributed by atoms with Gasteiger partial charge < -0.3 is 10.3 Å². The predicted molar refractivity (Wildman–Crippen MR) is 87.5 cm³/mol. The highest BCUT2D eigenvalue weighted by molar-refractivity contribution is 7.80. The summed E-state index contributed by atoms with van der Waals surface area (Å²) in [5.41, 5.74) is 6.83. The monoisotopic (exact) mass is 287 g/mol. The van der Waals surface area contributed by atoms with Crippen LogP contribution in [0.15, 0.2) is 42.7 Å². The van der Waals surface area contributed by atoms with Crippen molar-refractivity contribution in [2.45, 2.75) is 33.2 Å². The van der Waals surface area contributed by atoms with Gasteiger partial charge in [0.15, 0.2) is 0 Å². The van der Waals surface area contributed by atoms with E-state index in [1.807, 2.05) is 30.6 Å². The van der Waals surface area contributed by atoms with Gasteiger partial charge in [0.25, 0.3) is 0 Å². The number of aryl methyl sites for hydroxylation is 1. The average molecular weight is 287 g/mol. The summed E-state index contributed by atoms with van der Waals surface area (Å²) in [5, 5.41) is 0. The highest BCUT2D eigenvalue weighted by atomic mass is 32.1. The molecule has 2 N–H and O–H groups in total. The van der Waals surface area contributed by atoms with E-state index < -0.39 is 0 Å². The van der Waals surface area contributed by atoms with Crippen molar-refractivity contribution >= 4 is 17.2 Å². The van der Waals surface area contributed by atoms with Crippen molar-refractivity contribution in [2.75, 3.05) is 0 Å². The first-order valence-electron chi connectivity index (χ1n) is 6.87. The van der Waals surface area contributed by atoms with Crippen LogP contribution < -0.4 is 5.73 Å². The quantitative estimate of drug-likeness (QED) is 0.825. The Labute approximate surface area is 125 Å². The van der Waals surface area contributed by atoms with Crippen LogP contribution in [0.3, 0.4) is 0 Å². The first-order chi connectivity index (χ1) is 9.50. The third kappa shape index (κ3) is 3.45. The highest BCUT2D eigenvalue weighted by Crippen LogP contribution is 2.24. The molecule has 0 radical (unpaired) electrons. The van der Waals surface area contributed by atoms with Gasteiger partial charge in [-0.3, -0.25) is 0 Å². The van der Waals surface area contributed by atoms with Gasteiger partial charge in [-0.2, -0.15) is 0 Å². The van der Waals surface area contributed by atoms with Crippen LogP contribution in [0.2, 0.25) is 0 Å². The third-order valence-corrected chi connectivity index (χ3v) is 4.17. The first kappa shape index (κ1) is 14.7. The molecule has 1 heterocycles. The molecule has 2 rings (SSSR count). The summed E-state index contributed by atoms with van der Waals surface area (Å²) in [6.07, 6.45) is 5.88. The van der Waals surface area contributed by atoms with Gasteiger partial charge in [0.2, 0.25) is 0 Å². The normalized spacial score (nSPS) is 11.5. The molecule has 0 saturated heterocycles. The fraction of sp³-hybridized carbons (Fsp3) is 0.375. The van der Waals surface area contributed by atoms with Gasteiger partial charge in [-0.05, 0) is 12.8 Å². The molecule has 2 aromatic rings. The minimum absolute atomic E-state index is 0.0805. The van der Waals surface area contributed by atoms with Crippen molar-refractivity contribution in [1.29, 1.82) is 0 Å². The molecule has 0 fully saturated rings. The second-order valence-electron chi connectivity index (χ2n) is 5.66. The van der Waals surface area contributed by atoms with E-state index >= 15 is 0 Å². The summed E-state index contributed by atoms with van der Waals surface area (Å²) < 4.78 is 2.19. The lowest BCUT2D eigenvalue weighted by atomic mass is 9.88. The molecule has 0 aliphatic carbocycles. The molecule has 0 aliphatic rings. The van der Waals surface area contributed by atoms with E-state index in [1.165, 1.54) is 0 Å². The second kappa shape index (κ2) is 6.18. The summed E-state index contributed by atoms with van der Waals surface area (Å²) >= 11 is 5.11. The van der Waals surface area contributed by atoms with Crippen LogP contribution in [-0.2, 0) is 6.54 Å². The summed E-state index contributed by atoms with van der Waals surface area (Å²) in [4.78, 5) is 5.04. The average Bonchev–Trinajstić information content (AvgIpc) is 2.88. The van der Waals surface area contributed by atoms with Crippen LogP contribution >= 0.6 is 12.2 Å². The number of rotatable bonds is 6. The van der Waals surface area contributed by atoms with Crippen LogP contribution in [0.5, 0.6) is 0 Å². The maximum atomic E-state index is 5.76. The number of hydrogen-bond donors (Lipinski definition) is 1. The van der Waals surface area contributed by atoms with E-state index in [1.54, 1.807) is 0 Å². The molecule has 1 aromatic heterocycles. The van der Waals surface area contributed by atoms with Gasteiger partial charge in [0, 0.05) is 29.9 Å². The van der Waals surface area contributed by atoms with Gasteiger partial charge in [-0.25, -0.2) is 4.98 Å². The Balaban J connectivity index is 2.02. The Morgan fingerprint density at radius 3 is 2.65 bits per heavy atom. The molecule has 3 nitrogen and oxygen atoms in total. The summed E-state index contributed by atoms with van der Waals surface area (Å²) in [5.74, 6) is 1.01. The van der Waals surface area contributed by atoms with E-state index in [0.29, 0.717) is 4.99 Å². The summed E-state index contributed by atoms with van der Waals surface area (Å²) in [6, 6.07) is 10.2. The second-order valence-corrected chi connectivity index (χ2v) is 6.10. The van der Waals surface area contributed by atoms with E-state index in [9.17, 15) is 0 Å². The molecule has 4 heteroatoms. The van der Waals surface area contributed by atoms with Gasteiger partial charge in [-0.15, -0.1) is 0 Å². The first-order valence-corrected chi connectivity index (χ1v) is 7.28. The SMILES string of the molecule is CC(C)(CCCn1ccnc1-c1ccccc1)C(N)=S. The van der Waals surface area contributed by atoms with Crippen molar-refractivity contribution in [2.24, 2.45) is 11.1 Å². The predicted octanol–water partition coefficient (Wildman–Crippen LogP) is 3.64. The number of benzene rings is 1. The summed E-state index contributed by atoms with van der Waals surface area (Å²) in [7, 11) is 0. The van der Waals surface area contributed by atoms with Crippen molar-refractivity contribution in [3.63, 3.8) is 0 Å². The van der Waals surface area contributed by atoms with Crippen molar-refractivity contribution in [3.05, 3.63) is 42.7 Å². The zero-order valence-electron chi connectivity index (χ0n) is 12.0. The number of aromatic nitrogens is 2. The molecule has 0 saturated carbocycles. The van der Waals surface area contributed by atoms with Crippen LogP contribution in [-0.4, -0.2) is 14.5 Å². The molecule has 0 bridgehead atoms. The van der Waals surface area contributed by atoms with Crippen LogP contribution in [0, 0.1) is 5.41 Å². The zero-order valence-corrected chi connectivity index (χ0v) is 12.9. The van der Waals surface area contributed by atoms with Gasteiger partial charge in [0.05, 0.1) is 4.99 Å². The molecule has 1 aromatic carbocycles. The molecule has 0 atom stereocenters. The van der Waals surface area contributed by atoms with Crippen LogP contribution in [0.25, 0.3) is 11.4 Å². The molecular weight excluding hydrogens is 266 g/mol. The fourth-order valence-electron chi connectivity index (χ4n) is 2.15. The standard InChI is InChI=1S/C16H21N3S/c1-16(2,15(17)20)9-6-11-19-12-10-18-14(19)13-7-4-3-5-8-13/h3-5,7-8,10,12H,6,9,11H2,1-2H3,(H2,17,20). The Kier molecular flexibility index (Phi) is 4.55. The number of imidazole rings is 1. The zero-order chi connectivity index (χ0) is 14.6. The minimum atomic E-state index is -0.0805. The fourth-order valence-corrected chi connectivity index (χ4v) is 2.25. The molecular formula is C16H21N3S. The Hall–Kier alpha value is -1.68. The smallest absolute Gasteiger partial charge is 0.139 e. The van der Waals surface area contributed by atoms with Crippen molar-refractivity contribution in [1.82, 2.24) is 9.55 Å². The van der Waals surface area contributed by atoms with Crippen LogP contribution in [0.1, 0.15) is 26.7 Å². The number of nitrogens with zero attached hydrogens (tertiary/aromatic N) is 2. The van der Waals surface area contributed by atoms with E-state index in [2.05, 4.69) is 35.5 Å². The molecule has 106 valence electrons. The maximum absolute atomic E-state index is 5.76. The topological polar surface area (TPSA) is 43.8 Å². The molecule has 0 spiro atoms. The maximum Gasteiger partial charge on any atom is 0.139 e. The molecule has 0 amide bonds. The number of nitrogens with two attached hydrogens (primary N) is 1. The Morgan fingerprint density at radius 2 is 2.00 bits per heavy atom.